The van der Waals surface area contributed by atoms with E-state index in [9.17, 15) is 4.79 Å². The van der Waals surface area contributed by atoms with Crippen molar-refractivity contribution in [1.29, 1.82) is 0 Å². The van der Waals surface area contributed by atoms with Gasteiger partial charge in [-0.15, -0.1) is 0 Å². The lowest BCUT2D eigenvalue weighted by atomic mass is 9.94. The van der Waals surface area contributed by atoms with Crippen molar-refractivity contribution in [1.82, 2.24) is 10.2 Å². The van der Waals surface area contributed by atoms with E-state index in [-0.39, 0.29) is 6.03 Å². The number of nitrogens with one attached hydrogen (secondary N) is 1. The smallest absolute Gasteiger partial charge is 0.318 e. The maximum atomic E-state index is 12.2. The molecule has 0 aliphatic carbocycles. The number of hydrogen-bond donors (Lipinski definition) is 1. The number of halogens is 1. The van der Waals surface area contributed by atoms with Crippen LogP contribution < -0.4 is 5.32 Å². The Hall–Kier alpha value is -1.22. The minimum Gasteiger partial charge on any atom is -0.329 e. The highest BCUT2D eigenvalue weighted by Gasteiger charge is 2.25. The van der Waals surface area contributed by atoms with Gasteiger partial charge in [-0.2, -0.15) is 0 Å². The average molecular weight is 283 g/mol. The summed E-state index contributed by atoms with van der Waals surface area (Å²) in [5, 5.41) is 3.75. The van der Waals surface area contributed by atoms with E-state index in [1.165, 1.54) is 0 Å². The molecule has 0 aliphatic rings. The van der Waals surface area contributed by atoms with Gasteiger partial charge in [-0.1, -0.05) is 30.7 Å². The molecule has 0 heterocycles. The number of benzene rings is 1. The van der Waals surface area contributed by atoms with E-state index < -0.39 is 5.54 Å². The molecule has 3 nitrogen and oxygen atoms in total. The molecule has 1 aromatic rings. The van der Waals surface area contributed by atoms with Crippen molar-refractivity contribution in [2.45, 2.75) is 39.7 Å². The van der Waals surface area contributed by atoms with Gasteiger partial charge in [0.1, 0.15) is 0 Å². The van der Waals surface area contributed by atoms with E-state index in [4.69, 9.17) is 11.6 Å². The zero-order chi connectivity index (χ0) is 14.5. The summed E-state index contributed by atoms with van der Waals surface area (Å²) in [4.78, 5) is 14.0. The van der Waals surface area contributed by atoms with Crippen LogP contribution in [0.4, 0.5) is 4.79 Å². The number of carbonyl (C=O) groups excluding carboxylic acids is 1. The number of urea groups is 1. The molecule has 0 radical (unpaired) electrons. The number of carbonyl (C=O) groups is 1. The second kappa shape index (κ2) is 6.80. The lowest BCUT2D eigenvalue weighted by molar-refractivity contribution is 0.189. The van der Waals surface area contributed by atoms with Crippen molar-refractivity contribution in [3.8, 4) is 0 Å². The summed E-state index contributed by atoms with van der Waals surface area (Å²) in [6.45, 7) is 9.51. The summed E-state index contributed by atoms with van der Waals surface area (Å²) in [6.07, 6.45) is 0.957. The molecule has 0 unspecified atom stereocenters. The van der Waals surface area contributed by atoms with Gasteiger partial charge in [0, 0.05) is 18.1 Å². The minimum atomic E-state index is -0.441. The van der Waals surface area contributed by atoms with Gasteiger partial charge in [0.15, 0.2) is 0 Å². The van der Waals surface area contributed by atoms with E-state index in [0.29, 0.717) is 11.6 Å². The van der Waals surface area contributed by atoms with Gasteiger partial charge in [-0.3, -0.25) is 0 Å². The predicted octanol–water partition coefficient (Wildman–Crippen LogP) is 4.02. The van der Waals surface area contributed by atoms with Crippen LogP contribution in [0.2, 0.25) is 5.02 Å². The summed E-state index contributed by atoms with van der Waals surface area (Å²) in [5.41, 5.74) is 0.560. The van der Waals surface area contributed by atoms with Gasteiger partial charge in [-0.05, 0) is 44.9 Å². The van der Waals surface area contributed by atoms with E-state index in [1.807, 2.05) is 49.9 Å². The second-order valence-electron chi connectivity index (χ2n) is 5.15. The Kier molecular flexibility index (Phi) is 5.67. The van der Waals surface area contributed by atoms with Crippen molar-refractivity contribution in [3.63, 3.8) is 0 Å². The van der Waals surface area contributed by atoms with Crippen molar-refractivity contribution in [2.24, 2.45) is 0 Å². The quantitative estimate of drug-likeness (QED) is 0.869. The van der Waals surface area contributed by atoms with Crippen molar-refractivity contribution >= 4 is 17.6 Å². The number of rotatable bonds is 5. The molecule has 1 aromatic carbocycles. The third-order valence-corrected chi connectivity index (χ3v) is 3.36. The fourth-order valence-electron chi connectivity index (χ4n) is 1.97. The van der Waals surface area contributed by atoms with E-state index >= 15 is 0 Å². The first-order valence-corrected chi connectivity index (χ1v) is 7.11. The number of amides is 2. The molecule has 0 fully saturated rings. The van der Waals surface area contributed by atoms with Gasteiger partial charge in [0.2, 0.25) is 0 Å². The Morgan fingerprint density at radius 3 is 2.58 bits per heavy atom. The summed E-state index contributed by atoms with van der Waals surface area (Å²) >= 11 is 6.00. The first-order chi connectivity index (χ1) is 8.90. The van der Waals surface area contributed by atoms with Crippen LogP contribution >= 0.6 is 11.6 Å². The Labute approximate surface area is 120 Å². The summed E-state index contributed by atoms with van der Waals surface area (Å²) < 4.78 is 0. The second-order valence-corrected chi connectivity index (χ2v) is 5.58. The number of nitrogens with zero attached hydrogens (tertiary/aromatic N) is 1. The topological polar surface area (TPSA) is 32.3 Å². The largest absolute Gasteiger partial charge is 0.329 e. The molecule has 0 saturated heterocycles. The van der Waals surface area contributed by atoms with Crippen LogP contribution in [-0.2, 0) is 5.54 Å². The zero-order valence-corrected chi connectivity index (χ0v) is 12.9. The van der Waals surface area contributed by atoms with Crippen LogP contribution in [0.25, 0.3) is 0 Å². The van der Waals surface area contributed by atoms with Gasteiger partial charge in [0.05, 0.1) is 5.54 Å². The molecule has 0 spiro atoms. The van der Waals surface area contributed by atoms with Crippen LogP contribution in [0.3, 0.4) is 0 Å². The van der Waals surface area contributed by atoms with Crippen LogP contribution in [-0.4, -0.2) is 24.0 Å². The number of hydrogen-bond acceptors (Lipinski definition) is 1. The molecule has 0 aliphatic heterocycles. The third-order valence-electron chi connectivity index (χ3n) is 3.13. The van der Waals surface area contributed by atoms with Crippen molar-refractivity contribution in [3.05, 3.63) is 34.9 Å². The fourth-order valence-corrected chi connectivity index (χ4v) is 2.16. The van der Waals surface area contributed by atoms with Crippen molar-refractivity contribution in [2.75, 3.05) is 13.1 Å². The lowest BCUT2D eigenvalue weighted by Gasteiger charge is -2.31. The highest BCUT2D eigenvalue weighted by molar-refractivity contribution is 6.30. The highest BCUT2D eigenvalue weighted by atomic mass is 35.5. The molecule has 0 saturated carbocycles. The Morgan fingerprint density at radius 1 is 1.37 bits per heavy atom. The predicted molar refractivity (Wildman–Crippen MR) is 80.5 cm³/mol. The van der Waals surface area contributed by atoms with E-state index in [0.717, 1.165) is 18.5 Å². The zero-order valence-electron chi connectivity index (χ0n) is 12.2. The highest BCUT2D eigenvalue weighted by Crippen LogP contribution is 2.23. The van der Waals surface area contributed by atoms with Gasteiger partial charge >= 0.3 is 6.03 Å². The molecular weight excluding hydrogens is 260 g/mol. The first-order valence-electron chi connectivity index (χ1n) is 6.73. The maximum Gasteiger partial charge on any atom is 0.318 e. The Morgan fingerprint density at radius 2 is 2.05 bits per heavy atom. The Balaban J connectivity index is 2.81. The third kappa shape index (κ3) is 4.43. The molecule has 0 atom stereocenters. The molecule has 0 bridgehead atoms. The molecule has 106 valence electrons. The molecule has 1 N–H and O–H groups in total. The van der Waals surface area contributed by atoms with Crippen LogP contribution in [0, 0.1) is 0 Å². The van der Waals surface area contributed by atoms with Crippen LogP contribution in [0.1, 0.15) is 39.7 Å². The van der Waals surface area contributed by atoms with E-state index in [1.54, 1.807) is 0 Å². The monoisotopic (exact) mass is 282 g/mol. The molecule has 1 rings (SSSR count). The standard InChI is InChI=1S/C15H23ClN2O/c1-5-10-18(6-2)14(19)17-15(3,4)12-8-7-9-13(16)11-12/h7-9,11H,5-6,10H2,1-4H3,(H,17,19). The lowest BCUT2D eigenvalue weighted by Crippen LogP contribution is -2.48. The van der Waals surface area contributed by atoms with Crippen molar-refractivity contribution < 1.29 is 4.79 Å². The summed E-state index contributed by atoms with van der Waals surface area (Å²) in [5.74, 6) is 0. The molecule has 4 heteroatoms. The summed E-state index contributed by atoms with van der Waals surface area (Å²) in [7, 11) is 0. The minimum absolute atomic E-state index is 0.0330. The molecule has 2 amide bonds. The van der Waals surface area contributed by atoms with Crippen LogP contribution in [0.5, 0.6) is 0 Å². The SMILES string of the molecule is CCCN(CC)C(=O)NC(C)(C)c1cccc(Cl)c1. The molecule has 19 heavy (non-hydrogen) atoms. The van der Waals surface area contributed by atoms with Gasteiger partial charge in [-0.25, -0.2) is 4.79 Å². The molecule has 0 aromatic heterocycles. The average Bonchev–Trinajstić information content (AvgIpc) is 2.35. The fraction of sp³-hybridized carbons (Fsp3) is 0.533. The van der Waals surface area contributed by atoms with Crippen LogP contribution in [0.15, 0.2) is 24.3 Å². The Bertz CT molecular complexity index is 432. The van der Waals surface area contributed by atoms with E-state index in [2.05, 4.69) is 12.2 Å². The normalized spacial score (nSPS) is 11.2. The first kappa shape index (κ1) is 15.8. The summed E-state index contributed by atoms with van der Waals surface area (Å²) in [6, 6.07) is 7.56. The molecular formula is C15H23ClN2O. The van der Waals surface area contributed by atoms with Gasteiger partial charge < -0.3 is 10.2 Å². The van der Waals surface area contributed by atoms with Gasteiger partial charge in [0.25, 0.3) is 0 Å². The maximum absolute atomic E-state index is 12.2.